The lowest BCUT2D eigenvalue weighted by atomic mass is 9.98. The fourth-order valence-electron chi connectivity index (χ4n) is 3.28. The Hall–Kier alpha value is -1.69. The number of amides is 1. The zero-order valence-corrected chi connectivity index (χ0v) is 15.6. The number of rotatable bonds is 5. The summed E-state index contributed by atoms with van der Waals surface area (Å²) in [6, 6.07) is 0. The molecule has 0 bridgehead atoms. The Balaban J connectivity index is 1.52. The van der Waals surface area contributed by atoms with Gasteiger partial charge in [-0.1, -0.05) is 0 Å². The van der Waals surface area contributed by atoms with Gasteiger partial charge in [0.2, 0.25) is 5.91 Å². The van der Waals surface area contributed by atoms with Gasteiger partial charge < -0.3 is 9.47 Å². The second kappa shape index (κ2) is 7.47. The highest BCUT2D eigenvalue weighted by molar-refractivity contribution is 7.11. The van der Waals surface area contributed by atoms with Gasteiger partial charge in [-0.25, -0.2) is 9.97 Å². The predicted molar refractivity (Wildman–Crippen MR) is 96.3 cm³/mol. The molecule has 6 heteroatoms. The summed E-state index contributed by atoms with van der Waals surface area (Å²) in [5, 5.41) is 1.21. The minimum atomic E-state index is 0.280. The third-order valence-electron chi connectivity index (χ3n) is 4.88. The molecule has 0 aromatic carbocycles. The van der Waals surface area contributed by atoms with E-state index in [1.54, 1.807) is 11.3 Å². The first kappa shape index (κ1) is 17.1. The minimum Gasteiger partial charge on any atom is -0.342 e. The van der Waals surface area contributed by atoms with Gasteiger partial charge in [0.25, 0.3) is 0 Å². The van der Waals surface area contributed by atoms with Crippen LogP contribution in [0.2, 0.25) is 0 Å². The van der Waals surface area contributed by atoms with Crippen LogP contribution in [0.15, 0.2) is 12.4 Å². The van der Waals surface area contributed by atoms with Crippen molar-refractivity contribution in [1.82, 2.24) is 19.4 Å². The molecule has 0 radical (unpaired) electrons. The largest absolute Gasteiger partial charge is 0.342 e. The standard InChI is InChI=1S/C18H26N4OS/c1-13-14(2)24-18(20-13)16-6-4-10-22(12-16)17(23)7-5-9-21-11-8-19-15(21)3/h8,11,16H,4-7,9-10,12H2,1-3H3/t16-/m1/s1. The topological polar surface area (TPSA) is 51.0 Å². The third kappa shape index (κ3) is 3.86. The Morgan fingerprint density at radius 2 is 2.21 bits per heavy atom. The molecule has 1 atom stereocenters. The van der Waals surface area contributed by atoms with Crippen molar-refractivity contribution in [3.8, 4) is 0 Å². The zero-order valence-electron chi connectivity index (χ0n) is 14.8. The molecule has 1 aliphatic heterocycles. The summed E-state index contributed by atoms with van der Waals surface area (Å²) in [6.07, 6.45) is 7.49. The molecule has 0 saturated carbocycles. The van der Waals surface area contributed by atoms with Gasteiger partial charge in [0.1, 0.15) is 5.82 Å². The van der Waals surface area contributed by atoms with Crippen LogP contribution < -0.4 is 0 Å². The monoisotopic (exact) mass is 346 g/mol. The minimum absolute atomic E-state index is 0.280. The number of likely N-dealkylation sites (tertiary alicyclic amines) is 1. The van der Waals surface area contributed by atoms with Crippen LogP contribution in [0.25, 0.3) is 0 Å². The second-order valence-corrected chi connectivity index (χ2v) is 7.88. The van der Waals surface area contributed by atoms with Gasteiger partial charge in [-0.3, -0.25) is 4.79 Å². The fourth-order valence-corrected chi connectivity index (χ4v) is 4.32. The van der Waals surface area contributed by atoms with E-state index < -0.39 is 0 Å². The average Bonchev–Trinajstić information content (AvgIpc) is 3.13. The van der Waals surface area contributed by atoms with Crippen LogP contribution in [-0.4, -0.2) is 38.4 Å². The van der Waals surface area contributed by atoms with E-state index in [1.165, 1.54) is 9.88 Å². The number of hydrogen-bond donors (Lipinski definition) is 0. The van der Waals surface area contributed by atoms with Crippen molar-refractivity contribution >= 4 is 17.2 Å². The van der Waals surface area contributed by atoms with Gasteiger partial charge in [-0.05, 0) is 40.0 Å². The molecule has 2 aromatic heterocycles. The van der Waals surface area contributed by atoms with E-state index in [2.05, 4.69) is 23.4 Å². The Kier molecular flexibility index (Phi) is 5.33. The summed E-state index contributed by atoms with van der Waals surface area (Å²) in [4.78, 5) is 24.8. The number of aryl methyl sites for hydroxylation is 4. The van der Waals surface area contributed by atoms with Crippen LogP contribution in [-0.2, 0) is 11.3 Å². The van der Waals surface area contributed by atoms with Gasteiger partial charge >= 0.3 is 0 Å². The first-order chi connectivity index (χ1) is 11.5. The quantitative estimate of drug-likeness (QED) is 0.833. The van der Waals surface area contributed by atoms with Crippen LogP contribution in [0.5, 0.6) is 0 Å². The molecule has 3 heterocycles. The van der Waals surface area contributed by atoms with Gasteiger partial charge in [-0.15, -0.1) is 11.3 Å². The second-order valence-electron chi connectivity index (χ2n) is 6.64. The summed E-state index contributed by atoms with van der Waals surface area (Å²) >= 11 is 1.79. The van der Waals surface area contributed by atoms with Gasteiger partial charge in [-0.2, -0.15) is 0 Å². The molecule has 130 valence electrons. The van der Waals surface area contributed by atoms with Crippen LogP contribution in [0.1, 0.15) is 53.0 Å². The molecule has 0 spiro atoms. The Morgan fingerprint density at radius 3 is 2.88 bits per heavy atom. The van der Waals surface area contributed by atoms with Crippen molar-refractivity contribution in [2.75, 3.05) is 13.1 Å². The highest BCUT2D eigenvalue weighted by Crippen LogP contribution is 2.31. The van der Waals surface area contributed by atoms with Crippen molar-refractivity contribution in [3.05, 3.63) is 33.8 Å². The predicted octanol–water partition coefficient (Wildman–Crippen LogP) is 3.45. The van der Waals surface area contributed by atoms with Crippen molar-refractivity contribution in [1.29, 1.82) is 0 Å². The van der Waals surface area contributed by atoms with Crippen molar-refractivity contribution < 1.29 is 4.79 Å². The first-order valence-corrected chi connectivity index (χ1v) is 9.55. The van der Waals surface area contributed by atoms with Crippen molar-refractivity contribution in [2.45, 2.75) is 58.9 Å². The number of aromatic nitrogens is 3. The Bertz CT molecular complexity index is 686. The maximum atomic E-state index is 12.5. The third-order valence-corrected chi connectivity index (χ3v) is 6.12. The lowest BCUT2D eigenvalue weighted by molar-refractivity contribution is -0.132. The first-order valence-electron chi connectivity index (χ1n) is 8.74. The molecular formula is C18H26N4OS. The number of carbonyl (C=O) groups is 1. The molecule has 0 aliphatic carbocycles. The molecule has 24 heavy (non-hydrogen) atoms. The smallest absolute Gasteiger partial charge is 0.222 e. The molecule has 1 fully saturated rings. The lowest BCUT2D eigenvalue weighted by Gasteiger charge is -2.32. The number of imidazole rings is 1. The summed E-state index contributed by atoms with van der Waals surface area (Å²) < 4.78 is 2.10. The molecule has 0 N–H and O–H groups in total. The summed E-state index contributed by atoms with van der Waals surface area (Å²) in [6.45, 7) is 8.77. The lowest BCUT2D eigenvalue weighted by Crippen LogP contribution is -2.39. The summed E-state index contributed by atoms with van der Waals surface area (Å²) in [7, 11) is 0. The zero-order chi connectivity index (χ0) is 17.1. The van der Waals surface area contributed by atoms with Crippen LogP contribution >= 0.6 is 11.3 Å². The highest BCUT2D eigenvalue weighted by Gasteiger charge is 2.26. The van der Waals surface area contributed by atoms with E-state index in [0.29, 0.717) is 12.3 Å². The van der Waals surface area contributed by atoms with E-state index in [1.807, 2.05) is 24.2 Å². The normalized spacial score (nSPS) is 18.1. The molecule has 2 aromatic rings. The average molecular weight is 347 g/mol. The Labute approximate surface area is 147 Å². The van der Waals surface area contributed by atoms with E-state index >= 15 is 0 Å². The Morgan fingerprint density at radius 1 is 1.38 bits per heavy atom. The number of thiazole rings is 1. The number of hydrogen-bond acceptors (Lipinski definition) is 4. The van der Waals surface area contributed by atoms with Crippen LogP contribution in [0, 0.1) is 20.8 Å². The van der Waals surface area contributed by atoms with Crippen LogP contribution in [0.3, 0.4) is 0 Å². The molecular weight excluding hydrogens is 320 g/mol. The number of carbonyl (C=O) groups excluding carboxylic acids is 1. The maximum absolute atomic E-state index is 12.5. The molecule has 1 amide bonds. The number of nitrogens with zero attached hydrogens (tertiary/aromatic N) is 4. The van der Waals surface area contributed by atoms with E-state index in [-0.39, 0.29) is 5.91 Å². The number of piperidine rings is 1. The van der Waals surface area contributed by atoms with E-state index in [0.717, 1.165) is 50.4 Å². The summed E-state index contributed by atoms with van der Waals surface area (Å²) in [5.74, 6) is 1.70. The van der Waals surface area contributed by atoms with Crippen LogP contribution in [0.4, 0.5) is 0 Å². The fraction of sp³-hybridized carbons (Fsp3) is 0.611. The summed E-state index contributed by atoms with van der Waals surface area (Å²) in [5.41, 5.74) is 1.13. The SMILES string of the molecule is Cc1nc([C@@H]2CCCN(C(=O)CCCn3ccnc3C)C2)sc1C. The van der Waals surface area contributed by atoms with Crippen molar-refractivity contribution in [3.63, 3.8) is 0 Å². The molecule has 1 saturated heterocycles. The molecule has 0 unspecified atom stereocenters. The van der Waals surface area contributed by atoms with Gasteiger partial charge in [0.15, 0.2) is 0 Å². The molecule has 3 rings (SSSR count). The van der Waals surface area contributed by atoms with Gasteiger partial charge in [0, 0.05) is 49.2 Å². The van der Waals surface area contributed by atoms with E-state index in [4.69, 9.17) is 4.98 Å². The van der Waals surface area contributed by atoms with Gasteiger partial charge in [0.05, 0.1) is 10.7 Å². The van der Waals surface area contributed by atoms with Crippen molar-refractivity contribution in [2.24, 2.45) is 0 Å². The van der Waals surface area contributed by atoms with E-state index in [9.17, 15) is 4.79 Å². The molecule has 5 nitrogen and oxygen atoms in total. The highest BCUT2D eigenvalue weighted by atomic mass is 32.1. The maximum Gasteiger partial charge on any atom is 0.222 e. The molecule has 1 aliphatic rings.